The van der Waals surface area contributed by atoms with E-state index in [1.165, 1.54) is 6.07 Å². The maximum atomic E-state index is 12.0. The number of halogens is 3. The van der Waals surface area contributed by atoms with Gasteiger partial charge in [0.2, 0.25) is 0 Å². The van der Waals surface area contributed by atoms with E-state index in [-0.39, 0.29) is 18.4 Å². The van der Waals surface area contributed by atoms with E-state index < -0.39 is 12.8 Å². The number of alkyl halides is 3. The van der Waals surface area contributed by atoms with Gasteiger partial charge in [-0.3, -0.25) is 0 Å². The van der Waals surface area contributed by atoms with Gasteiger partial charge < -0.3 is 15.2 Å². The molecule has 6 heteroatoms. The van der Waals surface area contributed by atoms with Crippen LogP contribution in [0.1, 0.15) is 18.9 Å². The molecule has 0 amide bonds. The SMILES string of the molecule is CCC(CO)NCc1cccc(OCC(F)(F)F)c1. The van der Waals surface area contributed by atoms with Gasteiger partial charge >= 0.3 is 6.18 Å². The first kappa shape index (κ1) is 15.8. The smallest absolute Gasteiger partial charge is 0.422 e. The number of benzene rings is 1. The molecule has 0 aromatic heterocycles. The monoisotopic (exact) mass is 277 g/mol. The molecule has 0 saturated carbocycles. The second kappa shape index (κ2) is 7.35. The van der Waals surface area contributed by atoms with Crippen LogP contribution in [0.25, 0.3) is 0 Å². The van der Waals surface area contributed by atoms with Crippen LogP contribution in [-0.4, -0.2) is 30.5 Å². The summed E-state index contributed by atoms with van der Waals surface area (Å²) in [6.07, 6.45) is -3.56. The summed E-state index contributed by atoms with van der Waals surface area (Å²) in [6, 6.07) is 6.46. The predicted octanol–water partition coefficient (Wildman–Crippen LogP) is 2.49. The van der Waals surface area contributed by atoms with Gasteiger partial charge in [0.05, 0.1) is 6.61 Å². The first-order valence-corrected chi connectivity index (χ1v) is 6.07. The fourth-order valence-electron chi connectivity index (χ4n) is 1.51. The van der Waals surface area contributed by atoms with Crippen LogP contribution in [-0.2, 0) is 6.54 Å². The molecule has 0 aliphatic rings. The van der Waals surface area contributed by atoms with Crippen molar-refractivity contribution in [3.8, 4) is 5.75 Å². The Kier molecular flexibility index (Phi) is 6.11. The second-order valence-corrected chi connectivity index (χ2v) is 4.22. The number of nitrogens with one attached hydrogen (secondary N) is 1. The lowest BCUT2D eigenvalue weighted by Crippen LogP contribution is -2.31. The highest BCUT2D eigenvalue weighted by Gasteiger charge is 2.28. The summed E-state index contributed by atoms with van der Waals surface area (Å²) in [5.74, 6) is 0.189. The van der Waals surface area contributed by atoms with Crippen LogP contribution in [0, 0.1) is 0 Å². The molecular weight excluding hydrogens is 259 g/mol. The van der Waals surface area contributed by atoms with Gasteiger partial charge in [-0.15, -0.1) is 0 Å². The standard InChI is InChI=1S/C13H18F3NO2/c1-2-11(8-18)17-7-10-4-3-5-12(6-10)19-9-13(14,15)16/h3-6,11,17-18H,2,7-9H2,1H3. The minimum Gasteiger partial charge on any atom is -0.484 e. The number of hydrogen-bond acceptors (Lipinski definition) is 3. The molecule has 1 atom stereocenters. The van der Waals surface area contributed by atoms with Crippen molar-refractivity contribution in [3.05, 3.63) is 29.8 Å². The molecule has 0 radical (unpaired) electrons. The zero-order chi connectivity index (χ0) is 14.3. The average Bonchev–Trinajstić information content (AvgIpc) is 2.37. The van der Waals surface area contributed by atoms with E-state index in [0.717, 1.165) is 12.0 Å². The van der Waals surface area contributed by atoms with Crippen molar-refractivity contribution in [2.24, 2.45) is 0 Å². The maximum absolute atomic E-state index is 12.0. The van der Waals surface area contributed by atoms with Crippen molar-refractivity contribution < 1.29 is 23.0 Å². The van der Waals surface area contributed by atoms with Crippen molar-refractivity contribution in [1.82, 2.24) is 5.32 Å². The Morgan fingerprint density at radius 3 is 2.68 bits per heavy atom. The third-order valence-electron chi connectivity index (χ3n) is 2.61. The minimum atomic E-state index is -4.33. The van der Waals surface area contributed by atoms with Crippen LogP contribution in [0.3, 0.4) is 0 Å². The van der Waals surface area contributed by atoms with Gasteiger partial charge in [-0.05, 0) is 24.1 Å². The summed E-state index contributed by atoms with van der Waals surface area (Å²) in [6.45, 7) is 1.15. The van der Waals surface area contributed by atoms with Gasteiger partial charge in [-0.2, -0.15) is 13.2 Å². The molecule has 1 rings (SSSR count). The van der Waals surface area contributed by atoms with Crippen molar-refractivity contribution in [1.29, 1.82) is 0 Å². The fraction of sp³-hybridized carbons (Fsp3) is 0.538. The largest absolute Gasteiger partial charge is 0.484 e. The molecule has 19 heavy (non-hydrogen) atoms. The lowest BCUT2D eigenvalue weighted by molar-refractivity contribution is -0.153. The van der Waals surface area contributed by atoms with Crippen LogP contribution in [0.2, 0.25) is 0 Å². The van der Waals surface area contributed by atoms with Crippen LogP contribution in [0.15, 0.2) is 24.3 Å². The third kappa shape index (κ3) is 6.45. The molecular formula is C13H18F3NO2. The van der Waals surface area contributed by atoms with E-state index in [2.05, 4.69) is 10.1 Å². The van der Waals surface area contributed by atoms with Crippen LogP contribution >= 0.6 is 0 Å². The first-order valence-electron chi connectivity index (χ1n) is 6.07. The van der Waals surface area contributed by atoms with Crippen molar-refractivity contribution in [2.75, 3.05) is 13.2 Å². The molecule has 108 valence electrons. The summed E-state index contributed by atoms with van der Waals surface area (Å²) >= 11 is 0. The highest BCUT2D eigenvalue weighted by atomic mass is 19.4. The number of aliphatic hydroxyl groups excluding tert-OH is 1. The quantitative estimate of drug-likeness (QED) is 0.804. The Hall–Kier alpha value is -1.27. The van der Waals surface area contributed by atoms with Gasteiger partial charge in [-0.25, -0.2) is 0 Å². The van der Waals surface area contributed by atoms with Crippen LogP contribution < -0.4 is 10.1 Å². The van der Waals surface area contributed by atoms with Crippen molar-refractivity contribution >= 4 is 0 Å². The molecule has 0 aliphatic carbocycles. The van der Waals surface area contributed by atoms with Gasteiger partial charge in [-0.1, -0.05) is 19.1 Å². The third-order valence-corrected chi connectivity index (χ3v) is 2.61. The highest BCUT2D eigenvalue weighted by molar-refractivity contribution is 5.28. The van der Waals surface area contributed by atoms with Gasteiger partial charge in [0.25, 0.3) is 0 Å². The van der Waals surface area contributed by atoms with Crippen molar-refractivity contribution in [2.45, 2.75) is 32.1 Å². The first-order chi connectivity index (χ1) is 8.94. The van der Waals surface area contributed by atoms with Gasteiger partial charge in [0, 0.05) is 12.6 Å². The molecule has 1 aromatic rings. The molecule has 1 aromatic carbocycles. The van der Waals surface area contributed by atoms with E-state index in [9.17, 15) is 13.2 Å². The Morgan fingerprint density at radius 1 is 1.37 bits per heavy atom. The highest BCUT2D eigenvalue weighted by Crippen LogP contribution is 2.19. The summed E-state index contributed by atoms with van der Waals surface area (Å²) < 4.78 is 40.7. The Bertz CT molecular complexity index is 378. The summed E-state index contributed by atoms with van der Waals surface area (Å²) in [7, 11) is 0. The van der Waals surface area contributed by atoms with E-state index in [4.69, 9.17) is 5.11 Å². The molecule has 0 spiro atoms. The summed E-state index contributed by atoms with van der Waals surface area (Å²) in [5, 5.41) is 12.1. The molecule has 0 saturated heterocycles. The Balaban J connectivity index is 2.52. The average molecular weight is 277 g/mol. The normalized spacial score (nSPS) is 13.3. The van der Waals surface area contributed by atoms with E-state index in [0.29, 0.717) is 6.54 Å². The topological polar surface area (TPSA) is 41.5 Å². The predicted molar refractivity (Wildman–Crippen MR) is 66.0 cm³/mol. The molecule has 3 nitrogen and oxygen atoms in total. The molecule has 2 N–H and O–H groups in total. The van der Waals surface area contributed by atoms with Gasteiger partial charge in [0.15, 0.2) is 6.61 Å². The molecule has 0 aliphatic heterocycles. The zero-order valence-electron chi connectivity index (χ0n) is 10.7. The zero-order valence-corrected chi connectivity index (χ0v) is 10.7. The number of aliphatic hydroxyl groups is 1. The number of rotatable bonds is 7. The second-order valence-electron chi connectivity index (χ2n) is 4.22. The summed E-state index contributed by atoms with van der Waals surface area (Å²) in [4.78, 5) is 0. The Labute approximate surface area is 110 Å². The lowest BCUT2D eigenvalue weighted by atomic mass is 10.2. The minimum absolute atomic E-state index is 0.0141. The maximum Gasteiger partial charge on any atom is 0.422 e. The summed E-state index contributed by atoms with van der Waals surface area (Å²) in [5.41, 5.74) is 0.812. The molecule has 0 heterocycles. The van der Waals surface area contributed by atoms with Crippen LogP contribution in [0.4, 0.5) is 13.2 Å². The van der Waals surface area contributed by atoms with E-state index >= 15 is 0 Å². The molecule has 0 bridgehead atoms. The van der Waals surface area contributed by atoms with Crippen LogP contribution in [0.5, 0.6) is 5.75 Å². The van der Waals surface area contributed by atoms with Gasteiger partial charge in [0.1, 0.15) is 5.75 Å². The molecule has 0 fully saturated rings. The van der Waals surface area contributed by atoms with E-state index in [1.54, 1.807) is 18.2 Å². The molecule has 1 unspecified atom stereocenters. The number of hydrogen-bond donors (Lipinski definition) is 2. The fourth-order valence-corrected chi connectivity index (χ4v) is 1.51. The Morgan fingerprint density at radius 2 is 2.11 bits per heavy atom. The van der Waals surface area contributed by atoms with E-state index in [1.807, 2.05) is 6.92 Å². The number of ether oxygens (including phenoxy) is 1. The lowest BCUT2D eigenvalue weighted by Gasteiger charge is -2.14. The van der Waals surface area contributed by atoms with Crippen molar-refractivity contribution in [3.63, 3.8) is 0 Å².